The normalized spacial score (nSPS) is 13.9. The highest BCUT2D eigenvalue weighted by Crippen LogP contribution is 2.22. The summed E-state index contributed by atoms with van der Waals surface area (Å²) in [5.41, 5.74) is 0.855. The van der Waals surface area contributed by atoms with Gasteiger partial charge in [-0.3, -0.25) is 0 Å². The Morgan fingerprint density at radius 2 is 1.63 bits per heavy atom. The summed E-state index contributed by atoms with van der Waals surface area (Å²) in [4.78, 5) is 25.4. The third-order valence-corrected chi connectivity index (χ3v) is 4.60. The second-order valence-electron chi connectivity index (χ2n) is 6.72. The summed E-state index contributed by atoms with van der Waals surface area (Å²) in [5, 5.41) is 5.82. The second kappa shape index (κ2) is 9.76. The van der Waals surface area contributed by atoms with Crippen LogP contribution in [0.2, 0.25) is 0 Å². The smallest absolute Gasteiger partial charge is 0.331 e. The second-order valence-corrected chi connectivity index (χ2v) is 6.72. The molecular formula is C22H28N2O3. The predicted molar refractivity (Wildman–Crippen MR) is 106 cm³/mol. The van der Waals surface area contributed by atoms with Crippen LogP contribution in [0.3, 0.4) is 0 Å². The Bertz CT molecular complexity index is 734. The minimum absolute atomic E-state index is 0.181. The van der Waals surface area contributed by atoms with E-state index in [4.69, 9.17) is 4.74 Å². The summed E-state index contributed by atoms with van der Waals surface area (Å²) >= 11 is 0. The average molecular weight is 368 g/mol. The molecule has 2 amide bonds. The first kappa shape index (κ1) is 20.5. The van der Waals surface area contributed by atoms with Gasteiger partial charge in [0.25, 0.3) is 0 Å². The first-order valence-electron chi connectivity index (χ1n) is 9.26. The number of carbonyl (C=O) groups excluding carboxylic acids is 2. The molecule has 2 atom stereocenters. The van der Waals surface area contributed by atoms with Crippen molar-refractivity contribution in [2.24, 2.45) is 0 Å². The lowest BCUT2D eigenvalue weighted by atomic mass is 9.86. The molecule has 0 fully saturated rings. The van der Waals surface area contributed by atoms with Crippen LogP contribution in [0, 0.1) is 0 Å². The maximum Gasteiger partial charge on any atom is 0.331 e. The Balaban J connectivity index is 2.19. The molecule has 5 heteroatoms. The quantitative estimate of drug-likeness (QED) is 0.692. The van der Waals surface area contributed by atoms with E-state index in [1.165, 1.54) is 7.11 Å². The molecule has 0 aliphatic carbocycles. The largest absolute Gasteiger partial charge is 0.467 e. The lowest BCUT2D eigenvalue weighted by Gasteiger charge is -2.32. The van der Waals surface area contributed by atoms with Crippen molar-refractivity contribution in [3.63, 3.8) is 0 Å². The summed E-state index contributed by atoms with van der Waals surface area (Å²) in [7, 11) is 1.35. The van der Waals surface area contributed by atoms with Crippen LogP contribution in [0.1, 0.15) is 43.9 Å². The van der Waals surface area contributed by atoms with Crippen molar-refractivity contribution >= 4 is 12.0 Å². The Morgan fingerprint density at radius 1 is 1.04 bits per heavy atom. The topological polar surface area (TPSA) is 67.4 Å². The zero-order valence-electron chi connectivity index (χ0n) is 16.2. The van der Waals surface area contributed by atoms with Crippen LogP contribution >= 0.6 is 0 Å². The Kier molecular flexibility index (Phi) is 7.41. The van der Waals surface area contributed by atoms with E-state index in [2.05, 4.69) is 10.6 Å². The number of methoxy groups -OCH3 is 1. The number of amides is 2. The third kappa shape index (κ3) is 5.58. The summed E-state index contributed by atoms with van der Waals surface area (Å²) in [6.45, 7) is 3.89. The number of carbonyl (C=O) groups is 2. The maximum absolute atomic E-state index is 12.7. The molecule has 0 radical (unpaired) electrons. The van der Waals surface area contributed by atoms with Crippen LogP contribution in [0.25, 0.3) is 0 Å². The molecule has 0 bridgehead atoms. The van der Waals surface area contributed by atoms with E-state index in [-0.39, 0.29) is 12.1 Å². The van der Waals surface area contributed by atoms with Crippen molar-refractivity contribution in [2.45, 2.75) is 44.7 Å². The van der Waals surface area contributed by atoms with Gasteiger partial charge >= 0.3 is 12.0 Å². The molecule has 0 aliphatic heterocycles. The molecule has 0 saturated heterocycles. The number of urea groups is 1. The Labute approximate surface area is 161 Å². The van der Waals surface area contributed by atoms with Crippen molar-refractivity contribution in [3.05, 3.63) is 71.8 Å². The monoisotopic (exact) mass is 368 g/mol. The average Bonchev–Trinajstić information content (AvgIpc) is 2.68. The van der Waals surface area contributed by atoms with Gasteiger partial charge in [-0.1, -0.05) is 74.0 Å². The Hall–Kier alpha value is -2.82. The van der Waals surface area contributed by atoms with Gasteiger partial charge in [0.2, 0.25) is 0 Å². The molecule has 0 unspecified atom stereocenters. The van der Waals surface area contributed by atoms with E-state index in [9.17, 15) is 9.59 Å². The zero-order valence-corrected chi connectivity index (χ0v) is 16.2. The highest BCUT2D eigenvalue weighted by atomic mass is 16.5. The number of hydrogen-bond acceptors (Lipinski definition) is 3. The molecule has 0 aliphatic rings. The highest BCUT2D eigenvalue weighted by molar-refractivity contribution is 5.88. The molecule has 144 valence electrons. The van der Waals surface area contributed by atoms with E-state index >= 15 is 0 Å². The van der Waals surface area contributed by atoms with E-state index in [0.29, 0.717) is 12.8 Å². The van der Waals surface area contributed by atoms with Crippen molar-refractivity contribution in [1.29, 1.82) is 0 Å². The SMILES string of the molecule is CCC[C@@](Cc1ccccc1)(NC(=O)N[C@H](C)c1ccccc1)C(=O)OC. The van der Waals surface area contributed by atoms with E-state index in [0.717, 1.165) is 17.5 Å². The van der Waals surface area contributed by atoms with Crippen molar-refractivity contribution in [2.75, 3.05) is 7.11 Å². The molecule has 2 aromatic carbocycles. The van der Waals surface area contributed by atoms with Crippen LogP contribution < -0.4 is 10.6 Å². The van der Waals surface area contributed by atoms with Gasteiger partial charge in [0.05, 0.1) is 13.2 Å². The standard InChI is InChI=1S/C22H28N2O3/c1-4-15-22(20(25)27-3,16-18-11-7-5-8-12-18)24-21(26)23-17(2)19-13-9-6-10-14-19/h5-14,17H,4,15-16H2,1-3H3,(H2,23,24,26)/t17-,22+/m1/s1. The van der Waals surface area contributed by atoms with Gasteiger partial charge < -0.3 is 15.4 Å². The summed E-state index contributed by atoms with van der Waals surface area (Å²) in [6.07, 6.45) is 1.60. The minimum Gasteiger partial charge on any atom is -0.467 e. The van der Waals surface area contributed by atoms with E-state index < -0.39 is 11.5 Å². The lowest BCUT2D eigenvalue weighted by Crippen LogP contribution is -2.59. The van der Waals surface area contributed by atoms with Gasteiger partial charge in [0, 0.05) is 6.42 Å². The fraction of sp³-hybridized carbons (Fsp3) is 0.364. The number of rotatable bonds is 8. The van der Waals surface area contributed by atoms with Crippen molar-refractivity contribution < 1.29 is 14.3 Å². The van der Waals surface area contributed by atoms with Gasteiger partial charge in [0.1, 0.15) is 5.54 Å². The highest BCUT2D eigenvalue weighted by Gasteiger charge is 2.40. The fourth-order valence-corrected chi connectivity index (χ4v) is 3.26. The number of ether oxygens (including phenoxy) is 1. The zero-order chi connectivity index (χ0) is 19.7. The molecule has 2 aromatic rings. The lowest BCUT2D eigenvalue weighted by molar-refractivity contribution is -0.148. The molecule has 5 nitrogen and oxygen atoms in total. The molecule has 2 N–H and O–H groups in total. The van der Waals surface area contributed by atoms with Crippen LogP contribution in [0.4, 0.5) is 4.79 Å². The molecule has 0 aromatic heterocycles. The molecule has 2 rings (SSSR count). The van der Waals surface area contributed by atoms with Gasteiger partial charge in [-0.2, -0.15) is 0 Å². The number of nitrogens with one attached hydrogen (secondary N) is 2. The number of hydrogen-bond donors (Lipinski definition) is 2. The van der Waals surface area contributed by atoms with Crippen molar-refractivity contribution in [1.82, 2.24) is 10.6 Å². The first-order valence-corrected chi connectivity index (χ1v) is 9.26. The molecular weight excluding hydrogens is 340 g/mol. The van der Waals surface area contributed by atoms with E-state index in [1.54, 1.807) is 0 Å². The van der Waals surface area contributed by atoms with Gasteiger partial charge in [0.15, 0.2) is 0 Å². The molecule has 0 saturated carbocycles. The minimum atomic E-state index is -1.11. The predicted octanol–water partition coefficient (Wildman–Crippen LogP) is 4.00. The Morgan fingerprint density at radius 3 is 2.19 bits per heavy atom. The van der Waals surface area contributed by atoms with Gasteiger partial charge in [-0.05, 0) is 24.5 Å². The van der Waals surface area contributed by atoms with E-state index in [1.807, 2.05) is 74.5 Å². The third-order valence-electron chi connectivity index (χ3n) is 4.60. The fourth-order valence-electron chi connectivity index (χ4n) is 3.26. The summed E-state index contributed by atoms with van der Waals surface area (Å²) in [6, 6.07) is 18.8. The van der Waals surface area contributed by atoms with Gasteiger partial charge in [-0.25, -0.2) is 9.59 Å². The summed E-state index contributed by atoms with van der Waals surface area (Å²) in [5.74, 6) is -0.435. The molecule has 0 spiro atoms. The molecule has 27 heavy (non-hydrogen) atoms. The van der Waals surface area contributed by atoms with Crippen LogP contribution in [0.5, 0.6) is 0 Å². The number of benzene rings is 2. The van der Waals surface area contributed by atoms with Crippen LogP contribution in [0.15, 0.2) is 60.7 Å². The van der Waals surface area contributed by atoms with Gasteiger partial charge in [-0.15, -0.1) is 0 Å². The van der Waals surface area contributed by atoms with Crippen LogP contribution in [-0.4, -0.2) is 24.6 Å². The molecule has 0 heterocycles. The maximum atomic E-state index is 12.7. The van der Waals surface area contributed by atoms with Crippen LogP contribution in [-0.2, 0) is 16.0 Å². The van der Waals surface area contributed by atoms with Crippen molar-refractivity contribution in [3.8, 4) is 0 Å². The summed E-state index contributed by atoms with van der Waals surface area (Å²) < 4.78 is 5.05. The first-order chi connectivity index (χ1) is 13.0. The number of esters is 1.